The van der Waals surface area contributed by atoms with Crippen LogP contribution in [0.1, 0.15) is 44.2 Å². The predicted octanol–water partition coefficient (Wildman–Crippen LogP) is 4.65. The Bertz CT molecular complexity index is 858. The summed E-state index contributed by atoms with van der Waals surface area (Å²) in [6.07, 6.45) is 3.38. The van der Waals surface area contributed by atoms with Gasteiger partial charge in [0.1, 0.15) is 0 Å². The van der Waals surface area contributed by atoms with Gasteiger partial charge in [0.15, 0.2) is 0 Å². The molecule has 1 saturated heterocycles. The standard InChI is InChI=1S/C25H31ClN2O2/c1-25(2,18-21-10-6-7-11-22(21)26)27-24(30)20-14-16-28(17-15-20)23(29)13-12-19-8-4-3-5-9-19/h3-11,20H,12-18H2,1-2H3,(H,27,30). The predicted molar refractivity (Wildman–Crippen MR) is 121 cm³/mol. The SMILES string of the molecule is CC(C)(Cc1ccccc1Cl)NC(=O)C1CCN(C(=O)CCc2ccccc2)CC1. The highest BCUT2D eigenvalue weighted by atomic mass is 35.5. The Hall–Kier alpha value is -2.33. The quantitative estimate of drug-likeness (QED) is 0.700. The van der Waals surface area contributed by atoms with E-state index >= 15 is 0 Å². The highest BCUT2D eigenvalue weighted by Crippen LogP contribution is 2.23. The first kappa shape index (κ1) is 22.4. The second-order valence-corrected chi connectivity index (χ2v) is 9.19. The van der Waals surface area contributed by atoms with Gasteiger partial charge in [0.25, 0.3) is 0 Å². The summed E-state index contributed by atoms with van der Waals surface area (Å²) in [4.78, 5) is 27.3. The Morgan fingerprint density at radius 3 is 2.33 bits per heavy atom. The van der Waals surface area contributed by atoms with Crippen molar-refractivity contribution in [3.05, 3.63) is 70.7 Å². The number of likely N-dealkylation sites (tertiary alicyclic amines) is 1. The molecule has 0 radical (unpaired) electrons. The molecule has 30 heavy (non-hydrogen) atoms. The first-order valence-corrected chi connectivity index (χ1v) is 11.1. The molecule has 1 heterocycles. The van der Waals surface area contributed by atoms with E-state index in [0.717, 1.165) is 17.0 Å². The van der Waals surface area contributed by atoms with Gasteiger partial charge in [0.05, 0.1) is 0 Å². The van der Waals surface area contributed by atoms with Crippen molar-refractivity contribution in [3.63, 3.8) is 0 Å². The number of rotatable bonds is 7. The summed E-state index contributed by atoms with van der Waals surface area (Å²) >= 11 is 6.28. The molecule has 1 aliphatic rings. The van der Waals surface area contributed by atoms with E-state index in [1.165, 1.54) is 5.56 Å². The first-order chi connectivity index (χ1) is 14.3. The fourth-order valence-corrected chi connectivity index (χ4v) is 4.25. The lowest BCUT2D eigenvalue weighted by molar-refractivity contribution is -0.136. The normalized spacial score (nSPS) is 15.1. The Morgan fingerprint density at radius 1 is 1.03 bits per heavy atom. The van der Waals surface area contributed by atoms with Crippen LogP contribution in [0.2, 0.25) is 5.02 Å². The van der Waals surface area contributed by atoms with E-state index in [1.54, 1.807) is 0 Å². The number of hydrogen-bond donors (Lipinski definition) is 1. The number of halogens is 1. The smallest absolute Gasteiger partial charge is 0.223 e. The molecule has 0 bridgehead atoms. The number of nitrogens with zero attached hydrogens (tertiary/aromatic N) is 1. The largest absolute Gasteiger partial charge is 0.351 e. The molecule has 160 valence electrons. The van der Waals surface area contributed by atoms with Gasteiger partial charge in [-0.25, -0.2) is 0 Å². The molecule has 0 aliphatic carbocycles. The van der Waals surface area contributed by atoms with Crippen LogP contribution >= 0.6 is 11.6 Å². The van der Waals surface area contributed by atoms with E-state index < -0.39 is 0 Å². The summed E-state index contributed by atoms with van der Waals surface area (Å²) in [5.41, 5.74) is 1.83. The van der Waals surface area contributed by atoms with Crippen molar-refractivity contribution in [2.45, 2.75) is 51.5 Å². The molecule has 2 aromatic rings. The molecular formula is C25H31ClN2O2. The van der Waals surface area contributed by atoms with E-state index in [2.05, 4.69) is 5.32 Å². The fraction of sp³-hybridized carbons (Fsp3) is 0.440. The zero-order chi connectivity index (χ0) is 21.6. The molecule has 1 N–H and O–H groups in total. The van der Waals surface area contributed by atoms with Crippen LogP contribution in [0.15, 0.2) is 54.6 Å². The Balaban J connectivity index is 1.45. The minimum absolute atomic E-state index is 0.0475. The summed E-state index contributed by atoms with van der Waals surface area (Å²) in [5.74, 6) is 0.203. The van der Waals surface area contributed by atoms with Gasteiger partial charge >= 0.3 is 0 Å². The highest BCUT2D eigenvalue weighted by Gasteiger charge is 2.30. The van der Waals surface area contributed by atoms with Gasteiger partial charge in [-0.1, -0.05) is 60.1 Å². The van der Waals surface area contributed by atoms with Crippen LogP contribution in [0, 0.1) is 5.92 Å². The number of amides is 2. The van der Waals surface area contributed by atoms with Crippen molar-refractivity contribution in [1.82, 2.24) is 10.2 Å². The number of piperidine rings is 1. The van der Waals surface area contributed by atoms with Gasteiger partial charge in [-0.05, 0) is 56.7 Å². The third-order valence-electron chi connectivity index (χ3n) is 5.74. The monoisotopic (exact) mass is 426 g/mol. The molecule has 5 heteroatoms. The van der Waals surface area contributed by atoms with E-state index in [4.69, 9.17) is 11.6 Å². The minimum Gasteiger partial charge on any atom is -0.351 e. The second kappa shape index (κ2) is 10.1. The zero-order valence-corrected chi connectivity index (χ0v) is 18.6. The molecule has 4 nitrogen and oxygen atoms in total. The maximum atomic E-state index is 12.8. The van der Waals surface area contributed by atoms with Gasteiger partial charge in [-0.2, -0.15) is 0 Å². The number of benzene rings is 2. The Kier molecular flexibility index (Phi) is 7.54. The van der Waals surface area contributed by atoms with Crippen LogP contribution in [0.3, 0.4) is 0 Å². The molecule has 3 rings (SSSR count). The number of carbonyl (C=O) groups excluding carboxylic acids is 2. The number of nitrogens with one attached hydrogen (secondary N) is 1. The molecule has 2 aromatic carbocycles. The molecule has 0 spiro atoms. The number of hydrogen-bond acceptors (Lipinski definition) is 2. The van der Waals surface area contributed by atoms with Crippen LogP contribution in [0.25, 0.3) is 0 Å². The lowest BCUT2D eigenvalue weighted by Gasteiger charge is -2.34. The lowest BCUT2D eigenvalue weighted by atomic mass is 9.91. The first-order valence-electron chi connectivity index (χ1n) is 10.7. The molecule has 1 fully saturated rings. The van der Waals surface area contributed by atoms with Gasteiger partial charge in [0.2, 0.25) is 11.8 Å². The van der Waals surface area contributed by atoms with Crippen LogP contribution in [0.4, 0.5) is 0 Å². The minimum atomic E-state index is -0.384. The summed E-state index contributed by atoms with van der Waals surface area (Å²) in [6.45, 7) is 5.35. The van der Waals surface area contributed by atoms with Gasteiger partial charge in [0, 0.05) is 36.0 Å². The lowest BCUT2D eigenvalue weighted by Crippen LogP contribution is -2.50. The molecule has 0 atom stereocenters. The van der Waals surface area contributed by atoms with Crippen LogP contribution in [0.5, 0.6) is 0 Å². The van der Waals surface area contributed by atoms with E-state index in [9.17, 15) is 9.59 Å². The van der Waals surface area contributed by atoms with E-state index in [1.807, 2.05) is 73.3 Å². The van der Waals surface area contributed by atoms with E-state index in [0.29, 0.717) is 38.8 Å². The van der Waals surface area contributed by atoms with Gasteiger partial charge in [-0.15, -0.1) is 0 Å². The van der Waals surface area contributed by atoms with E-state index in [-0.39, 0.29) is 23.3 Å². The van der Waals surface area contributed by atoms with Crippen molar-refractivity contribution in [2.75, 3.05) is 13.1 Å². The average Bonchev–Trinajstić information content (AvgIpc) is 2.74. The van der Waals surface area contributed by atoms with Crippen molar-refractivity contribution in [1.29, 1.82) is 0 Å². The summed E-state index contributed by atoms with van der Waals surface area (Å²) < 4.78 is 0. The zero-order valence-electron chi connectivity index (χ0n) is 17.9. The van der Waals surface area contributed by atoms with Crippen LogP contribution < -0.4 is 5.32 Å². The summed E-state index contributed by atoms with van der Waals surface area (Å²) in [7, 11) is 0. The second-order valence-electron chi connectivity index (χ2n) is 8.78. The van der Waals surface area contributed by atoms with Crippen LogP contribution in [-0.2, 0) is 22.4 Å². The Labute approximate surface area is 184 Å². The van der Waals surface area contributed by atoms with Crippen LogP contribution in [-0.4, -0.2) is 35.3 Å². The topological polar surface area (TPSA) is 49.4 Å². The van der Waals surface area contributed by atoms with Crippen molar-refractivity contribution < 1.29 is 9.59 Å². The summed E-state index contributed by atoms with van der Waals surface area (Å²) in [6, 6.07) is 17.8. The average molecular weight is 427 g/mol. The summed E-state index contributed by atoms with van der Waals surface area (Å²) in [5, 5.41) is 3.92. The fourth-order valence-electron chi connectivity index (χ4n) is 4.04. The molecular weight excluding hydrogens is 396 g/mol. The molecule has 0 unspecified atom stereocenters. The highest BCUT2D eigenvalue weighted by molar-refractivity contribution is 6.31. The van der Waals surface area contributed by atoms with Crippen molar-refractivity contribution in [2.24, 2.45) is 5.92 Å². The third kappa shape index (κ3) is 6.33. The molecule has 0 aromatic heterocycles. The van der Waals surface area contributed by atoms with Crippen molar-refractivity contribution in [3.8, 4) is 0 Å². The maximum absolute atomic E-state index is 12.8. The van der Waals surface area contributed by atoms with Gasteiger partial charge < -0.3 is 10.2 Å². The number of aryl methyl sites for hydroxylation is 1. The Morgan fingerprint density at radius 2 is 1.67 bits per heavy atom. The molecule has 1 aliphatic heterocycles. The molecule has 2 amide bonds. The van der Waals surface area contributed by atoms with Crippen molar-refractivity contribution >= 4 is 23.4 Å². The maximum Gasteiger partial charge on any atom is 0.223 e. The third-order valence-corrected chi connectivity index (χ3v) is 6.11. The molecule has 0 saturated carbocycles. The number of carbonyl (C=O) groups is 2. The van der Waals surface area contributed by atoms with Gasteiger partial charge in [-0.3, -0.25) is 9.59 Å².